The van der Waals surface area contributed by atoms with E-state index < -0.39 is 42.5 Å². The Balaban J connectivity index is 1.60. The second-order valence-electron chi connectivity index (χ2n) is 8.09. The molecule has 1 fully saturated rings. The standard InChI is InChI=1S/C21H18ClF5N4O3/c1-9-18(29-6-16(30-9)33-8-21(25,26)27)14(32)4-10-2-12(17(22)13(24)3-10)20(7-23)11-5-15(11)34-19(28)31-20/h2-3,6,11,15H,4-5,7-8H2,1H3,(H2,28,31)/t11-,15+,20-/m1/s1. The molecule has 34 heavy (non-hydrogen) atoms. The van der Waals surface area contributed by atoms with E-state index in [1.165, 1.54) is 13.0 Å². The number of aliphatic imine (C=N–C) groups is 1. The number of Topliss-reactive ketones (excluding diaryl/α,β-unsaturated/α-hetero) is 1. The molecule has 7 nitrogen and oxygen atoms in total. The van der Waals surface area contributed by atoms with Gasteiger partial charge in [-0.2, -0.15) is 13.2 Å². The first-order valence-corrected chi connectivity index (χ1v) is 10.4. The van der Waals surface area contributed by atoms with Gasteiger partial charge in [0.25, 0.3) is 6.02 Å². The van der Waals surface area contributed by atoms with E-state index in [9.17, 15) is 26.7 Å². The predicted molar refractivity (Wildman–Crippen MR) is 110 cm³/mol. The van der Waals surface area contributed by atoms with Crippen molar-refractivity contribution in [3.8, 4) is 5.88 Å². The number of nitrogens with two attached hydrogens (primary N) is 1. The van der Waals surface area contributed by atoms with E-state index in [1.807, 2.05) is 0 Å². The normalized spacial score (nSPS) is 23.6. The number of benzene rings is 1. The van der Waals surface area contributed by atoms with Gasteiger partial charge in [-0.3, -0.25) is 4.79 Å². The lowest BCUT2D eigenvalue weighted by Gasteiger charge is -2.32. The summed E-state index contributed by atoms with van der Waals surface area (Å²) in [4.78, 5) is 24.6. The van der Waals surface area contributed by atoms with Crippen LogP contribution in [0.2, 0.25) is 5.02 Å². The van der Waals surface area contributed by atoms with Crippen molar-refractivity contribution in [2.45, 2.75) is 37.6 Å². The molecule has 2 aliphatic rings. The number of carbonyl (C=O) groups is 1. The zero-order valence-electron chi connectivity index (χ0n) is 17.6. The Bertz CT molecular complexity index is 1180. The third-order valence-corrected chi connectivity index (χ3v) is 6.01. The molecule has 182 valence electrons. The van der Waals surface area contributed by atoms with Gasteiger partial charge in [-0.05, 0) is 25.0 Å². The molecular weight excluding hydrogens is 487 g/mol. The van der Waals surface area contributed by atoms with Crippen molar-refractivity contribution in [3.63, 3.8) is 0 Å². The molecule has 0 bridgehead atoms. The first-order chi connectivity index (χ1) is 15.9. The number of amidine groups is 1. The Labute approximate surface area is 195 Å². The van der Waals surface area contributed by atoms with Crippen molar-refractivity contribution in [1.29, 1.82) is 0 Å². The largest absolute Gasteiger partial charge is 0.467 e. The van der Waals surface area contributed by atoms with E-state index in [4.69, 9.17) is 22.1 Å². The first kappa shape index (κ1) is 24.1. The van der Waals surface area contributed by atoms with Gasteiger partial charge in [0.15, 0.2) is 12.4 Å². The summed E-state index contributed by atoms with van der Waals surface area (Å²) < 4.78 is 75.7. The van der Waals surface area contributed by atoms with Crippen LogP contribution in [0.4, 0.5) is 22.0 Å². The van der Waals surface area contributed by atoms with Crippen molar-refractivity contribution in [2.24, 2.45) is 16.6 Å². The summed E-state index contributed by atoms with van der Waals surface area (Å²) in [5.41, 5.74) is 4.27. The summed E-state index contributed by atoms with van der Waals surface area (Å²) in [6.45, 7) is -1.18. The highest BCUT2D eigenvalue weighted by Crippen LogP contribution is 2.54. The maximum absolute atomic E-state index is 14.7. The Kier molecular flexibility index (Phi) is 6.13. The Morgan fingerprint density at radius 1 is 1.38 bits per heavy atom. The van der Waals surface area contributed by atoms with Crippen molar-refractivity contribution >= 4 is 23.4 Å². The number of nitrogens with zero attached hydrogens (tertiary/aromatic N) is 3. The van der Waals surface area contributed by atoms with Crippen molar-refractivity contribution in [1.82, 2.24) is 9.97 Å². The minimum absolute atomic E-state index is 0.0298. The van der Waals surface area contributed by atoms with E-state index in [2.05, 4.69) is 19.7 Å². The number of aryl methyl sites for hydroxylation is 1. The fourth-order valence-corrected chi connectivity index (χ4v) is 4.29. The maximum Gasteiger partial charge on any atom is 0.422 e. The van der Waals surface area contributed by atoms with Crippen LogP contribution in [0.25, 0.3) is 0 Å². The minimum atomic E-state index is -4.56. The highest BCUT2D eigenvalue weighted by Gasteiger charge is 2.60. The molecule has 1 aromatic carbocycles. The molecule has 2 heterocycles. The fourth-order valence-electron chi connectivity index (χ4n) is 4.02. The first-order valence-electron chi connectivity index (χ1n) is 10.1. The predicted octanol–water partition coefficient (Wildman–Crippen LogP) is 3.84. The lowest BCUT2D eigenvalue weighted by atomic mass is 9.84. The van der Waals surface area contributed by atoms with E-state index >= 15 is 0 Å². The number of ether oxygens (including phenoxy) is 2. The number of alkyl halides is 4. The molecule has 0 saturated heterocycles. The third kappa shape index (κ3) is 4.63. The van der Waals surface area contributed by atoms with Gasteiger partial charge >= 0.3 is 6.18 Å². The topological polar surface area (TPSA) is 99.7 Å². The van der Waals surface area contributed by atoms with Gasteiger partial charge in [-0.15, -0.1) is 0 Å². The number of ketones is 1. The van der Waals surface area contributed by atoms with Crippen LogP contribution in [0.1, 0.15) is 33.7 Å². The van der Waals surface area contributed by atoms with Crippen LogP contribution >= 0.6 is 11.6 Å². The SMILES string of the molecule is Cc1nc(OCC(F)(F)F)cnc1C(=O)Cc1cc(F)c(Cl)c([C@]2(CF)N=C(N)O[C@H]3C[C@H]32)c1. The molecule has 0 amide bonds. The molecule has 1 saturated carbocycles. The van der Waals surface area contributed by atoms with Crippen LogP contribution < -0.4 is 10.5 Å². The lowest BCUT2D eigenvalue weighted by molar-refractivity contribution is -0.154. The summed E-state index contributed by atoms with van der Waals surface area (Å²) in [5, 5.41) is -0.333. The molecule has 2 N–H and O–H groups in total. The molecule has 1 aliphatic carbocycles. The fraction of sp³-hybridized carbons (Fsp3) is 0.429. The van der Waals surface area contributed by atoms with Crippen LogP contribution in [0.3, 0.4) is 0 Å². The molecular formula is C21H18ClF5N4O3. The number of halogens is 6. The minimum Gasteiger partial charge on any atom is -0.467 e. The Morgan fingerprint density at radius 2 is 2.12 bits per heavy atom. The molecule has 0 radical (unpaired) electrons. The van der Waals surface area contributed by atoms with Crippen molar-refractivity contribution in [2.75, 3.05) is 13.3 Å². The second-order valence-corrected chi connectivity index (χ2v) is 8.47. The number of hydrogen-bond donors (Lipinski definition) is 1. The van der Waals surface area contributed by atoms with E-state index in [0.717, 1.165) is 12.3 Å². The highest BCUT2D eigenvalue weighted by molar-refractivity contribution is 6.31. The van der Waals surface area contributed by atoms with E-state index in [0.29, 0.717) is 6.42 Å². The van der Waals surface area contributed by atoms with Crippen LogP contribution in [0, 0.1) is 18.7 Å². The summed E-state index contributed by atoms with van der Waals surface area (Å²) >= 11 is 6.16. The maximum atomic E-state index is 14.7. The summed E-state index contributed by atoms with van der Waals surface area (Å²) in [5.74, 6) is -2.24. The van der Waals surface area contributed by atoms with Crippen LogP contribution in [0.15, 0.2) is 23.3 Å². The van der Waals surface area contributed by atoms with Crippen LogP contribution in [-0.4, -0.2) is 47.3 Å². The highest BCUT2D eigenvalue weighted by atomic mass is 35.5. The molecule has 2 aromatic rings. The number of rotatable bonds is 7. The summed E-state index contributed by atoms with van der Waals surface area (Å²) in [7, 11) is 0. The van der Waals surface area contributed by atoms with Crippen LogP contribution in [0.5, 0.6) is 5.88 Å². The molecule has 0 spiro atoms. The average Bonchev–Trinajstić information content (AvgIpc) is 3.53. The van der Waals surface area contributed by atoms with E-state index in [1.54, 1.807) is 0 Å². The Hall–Kier alpha value is -3.02. The number of fused-ring (bicyclic) bond motifs is 1. The monoisotopic (exact) mass is 504 g/mol. The smallest absolute Gasteiger partial charge is 0.422 e. The molecule has 1 aromatic heterocycles. The summed E-state index contributed by atoms with van der Waals surface area (Å²) in [6, 6.07) is 2.20. The molecule has 0 unspecified atom stereocenters. The van der Waals surface area contributed by atoms with Crippen molar-refractivity contribution < 1.29 is 36.2 Å². The third-order valence-electron chi connectivity index (χ3n) is 5.62. The zero-order valence-corrected chi connectivity index (χ0v) is 18.4. The quantitative estimate of drug-likeness (QED) is 0.454. The number of carbonyl (C=O) groups excluding carboxylic acids is 1. The second kappa shape index (κ2) is 8.64. The lowest BCUT2D eigenvalue weighted by Crippen LogP contribution is -2.39. The van der Waals surface area contributed by atoms with Gasteiger partial charge < -0.3 is 15.2 Å². The molecule has 1 aliphatic heterocycles. The van der Waals surface area contributed by atoms with Gasteiger partial charge in [0.05, 0.1) is 16.9 Å². The van der Waals surface area contributed by atoms with E-state index in [-0.39, 0.29) is 52.0 Å². The van der Waals surface area contributed by atoms with Gasteiger partial charge in [0, 0.05) is 17.9 Å². The zero-order chi connectivity index (χ0) is 24.8. The molecule has 3 atom stereocenters. The molecule has 4 rings (SSSR count). The Morgan fingerprint density at radius 3 is 2.76 bits per heavy atom. The number of hydrogen-bond acceptors (Lipinski definition) is 7. The van der Waals surface area contributed by atoms with Gasteiger partial charge in [-0.25, -0.2) is 23.7 Å². The van der Waals surface area contributed by atoms with Crippen molar-refractivity contribution in [3.05, 3.63) is 51.7 Å². The average molecular weight is 505 g/mol. The van der Waals surface area contributed by atoms with Gasteiger partial charge in [-0.1, -0.05) is 17.7 Å². The molecule has 13 heteroatoms. The summed E-state index contributed by atoms with van der Waals surface area (Å²) in [6.07, 6.45) is -3.91. The number of aromatic nitrogens is 2. The van der Waals surface area contributed by atoms with Gasteiger partial charge in [0.2, 0.25) is 5.88 Å². The van der Waals surface area contributed by atoms with Crippen LogP contribution in [-0.2, 0) is 16.7 Å². The van der Waals surface area contributed by atoms with Gasteiger partial charge in [0.1, 0.15) is 29.8 Å².